The van der Waals surface area contributed by atoms with Crippen molar-refractivity contribution in [2.45, 2.75) is 18.7 Å². The Bertz CT molecular complexity index is 287. The molecule has 0 saturated heterocycles. The Morgan fingerprint density at radius 2 is 2.09 bits per heavy atom. The lowest BCUT2D eigenvalue weighted by molar-refractivity contribution is 1.28. The van der Waals surface area contributed by atoms with E-state index in [0.717, 1.165) is 10.5 Å². The molecule has 0 aromatic heterocycles. The molecule has 0 unspecified atom stereocenters. The van der Waals surface area contributed by atoms with Crippen LogP contribution in [0.3, 0.4) is 0 Å². The molecule has 11 heavy (non-hydrogen) atoms. The summed E-state index contributed by atoms with van der Waals surface area (Å²) in [6, 6.07) is 6.06. The van der Waals surface area contributed by atoms with E-state index in [0.29, 0.717) is 0 Å². The molecule has 58 valence electrons. The van der Waals surface area contributed by atoms with Crippen molar-refractivity contribution in [3.05, 3.63) is 35.9 Å². The maximum absolute atomic E-state index is 4.32. The van der Waals surface area contributed by atoms with Gasteiger partial charge in [-0.2, -0.15) is 0 Å². The second kappa shape index (κ2) is 3.14. The van der Waals surface area contributed by atoms with E-state index in [1.807, 2.05) is 19.1 Å². The van der Waals surface area contributed by atoms with Crippen LogP contribution in [0.4, 0.5) is 0 Å². The van der Waals surface area contributed by atoms with Gasteiger partial charge in [0.25, 0.3) is 0 Å². The maximum Gasteiger partial charge on any atom is 0.00752 e. The highest BCUT2D eigenvalue weighted by atomic mass is 32.1. The van der Waals surface area contributed by atoms with Crippen molar-refractivity contribution in [1.29, 1.82) is 0 Å². The third-order valence-corrected chi connectivity index (χ3v) is 2.25. The topological polar surface area (TPSA) is 0 Å². The lowest BCUT2D eigenvalue weighted by Gasteiger charge is -2.06. The van der Waals surface area contributed by atoms with Gasteiger partial charge in [-0.3, -0.25) is 0 Å². The van der Waals surface area contributed by atoms with Crippen molar-refractivity contribution in [2.75, 3.05) is 0 Å². The van der Waals surface area contributed by atoms with Crippen molar-refractivity contribution < 1.29 is 0 Å². The summed E-state index contributed by atoms with van der Waals surface area (Å²) < 4.78 is 0. The average Bonchev–Trinajstić information content (AvgIpc) is 1.94. The molecule has 0 aliphatic carbocycles. The van der Waals surface area contributed by atoms with E-state index < -0.39 is 0 Å². The third kappa shape index (κ3) is 1.66. The Hall–Kier alpha value is -0.690. The minimum absolute atomic E-state index is 1.03. The summed E-state index contributed by atoms with van der Waals surface area (Å²) in [5.74, 6) is 0. The Kier molecular flexibility index (Phi) is 2.40. The summed E-state index contributed by atoms with van der Waals surface area (Å²) in [4.78, 5) is 1.03. The van der Waals surface area contributed by atoms with Crippen LogP contribution in [0.5, 0.6) is 0 Å². The van der Waals surface area contributed by atoms with E-state index in [1.165, 1.54) is 11.1 Å². The standard InChI is InChI=1S/C10H12S/c1-7(2)9-5-4-6-10(11)8(9)3/h4-6,11H,1H2,2-3H3. The van der Waals surface area contributed by atoms with Crippen LogP contribution in [0.2, 0.25) is 0 Å². The fraction of sp³-hybridized carbons (Fsp3) is 0.200. The number of thiol groups is 1. The molecule has 1 aromatic rings. The molecule has 0 radical (unpaired) electrons. The van der Waals surface area contributed by atoms with Crippen molar-refractivity contribution in [3.63, 3.8) is 0 Å². The fourth-order valence-electron chi connectivity index (χ4n) is 1.09. The van der Waals surface area contributed by atoms with Gasteiger partial charge in [-0.15, -0.1) is 12.6 Å². The number of allylic oxidation sites excluding steroid dienone is 1. The van der Waals surface area contributed by atoms with Crippen LogP contribution in [0.15, 0.2) is 29.7 Å². The molecule has 1 heteroatoms. The van der Waals surface area contributed by atoms with Crippen molar-refractivity contribution in [2.24, 2.45) is 0 Å². The van der Waals surface area contributed by atoms with E-state index in [9.17, 15) is 0 Å². The first-order valence-electron chi connectivity index (χ1n) is 3.57. The molecular formula is C10H12S. The molecule has 1 rings (SSSR count). The van der Waals surface area contributed by atoms with Crippen LogP contribution in [0, 0.1) is 6.92 Å². The Balaban J connectivity index is 3.27. The molecule has 0 aliphatic heterocycles. The van der Waals surface area contributed by atoms with Gasteiger partial charge >= 0.3 is 0 Å². The molecule has 0 amide bonds. The molecule has 0 bridgehead atoms. The van der Waals surface area contributed by atoms with Gasteiger partial charge in [0.1, 0.15) is 0 Å². The number of hydrogen-bond acceptors (Lipinski definition) is 1. The first-order chi connectivity index (χ1) is 5.13. The van der Waals surface area contributed by atoms with Gasteiger partial charge in [0.2, 0.25) is 0 Å². The molecule has 0 atom stereocenters. The second-order valence-corrected chi connectivity index (χ2v) is 3.21. The molecule has 0 heterocycles. The van der Waals surface area contributed by atoms with Crippen LogP contribution in [-0.4, -0.2) is 0 Å². The van der Waals surface area contributed by atoms with Gasteiger partial charge in [0.15, 0.2) is 0 Å². The van der Waals surface area contributed by atoms with Crippen LogP contribution >= 0.6 is 12.6 Å². The molecule has 0 N–H and O–H groups in total. The SMILES string of the molecule is C=C(C)c1cccc(S)c1C. The average molecular weight is 164 g/mol. The molecule has 0 aliphatic rings. The van der Waals surface area contributed by atoms with Crippen molar-refractivity contribution in [3.8, 4) is 0 Å². The van der Waals surface area contributed by atoms with E-state index in [1.54, 1.807) is 0 Å². The predicted molar refractivity (Wildman–Crippen MR) is 53.1 cm³/mol. The van der Waals surface area contributed by atoms with Crippen LogP contribution < -0.4 is 0 Å². The lowest BCUT2D eigenvalue weighted by Crippen LogP contribution is -1.85. The Morgan fingerprint density at radius 1 is 1.45 bits per heavy atom. The van der Waals surface area contributed by atoms with Crippen molar-refractivity contribution >= 4 is 18.2 Å². The molecule has 0 fully saturated rings. The number of rotatable bonds is 1. The zero-order valence-electron chi connectivity index (χ0n) is 6.89. The zero-order valence-corrected chi connectivity index (χ0v) is 7.78. The Morgan fingerprint density at radius 3 is 2.55 bits per heavy atom. The van der Waals surface area contributed by atoms with Gasteiger partial charge in [-0.25, -0.2) is 0 Å². The summed E-state index contributed by atoms with van der Waals surface area (Å²) in [5.41, 5.74) is 3.51. The summed E-state index contributed by atoms with van der Waals surface area (Å²) in [6.07, 6.45) is 0. The fourth-order valence-corrected chi connectivity index (χ4v) is 1.29. The van der Waals surface area contributed by atoms with E-state index in [-0.39, 0.29) is 0 Å². The summed E-state index contributed by atoms with van der Waals surface area (Å²) >= 11 is 4.32. The van der Waals surface area contributed by atoms with Gasteiger partial charge in [0, 0.05) is 4.90 Å². The molecule has 1 aromatic carbocycles. The molecule has 0 spiro atoms. The van der Waals surface area contributed by atoms with Gasteiger partial charge in [-0.1, -0.05) is 24.3 Å². The quantitative estimate of drug-likeness (QED) is 0.605. The predicted octanol–water partition coefficient (Wildman–Crippen LogP) is 3.32. The van der Waals surface area contributed by atoms with Crippen molar-refractivity contribution in [1.82, 2.24) is 0 Å². The number of hydrogen-bond donors (Lipinski definition) is 1. The maximum atomic E-state index is 4.32. The monoisotopic (exact) mass is 164 g/mol. The largest absolute Gasteiger partial charge is 0.143 e. The first kappa shape index (κ1) is 8.41. The minimum atomic E-state index is 1.03. The zero-order chi connectivity index (χ0) is 8.43. The minimum Gasteiger partial charge on any atom is -0.143 e. The van der Waals surface area contributed by atoms with E-state index >= 15 is 0 Å². The lowest BCUT2D eigenvalue weighted by atomic mass is 10.0. The highest BCUT2D eigenvalue weighted by Gasteiger charge is 1.99. The van der Waals surface area contributed by atoms with Gasteiger partial charge in [0.05, 0.1) is 0 Å². The Labute approximate surface area is 73.4 Å². The van der Waals surface area contributed by atoms with Gasteiger partial charge in [-0.05, 0) is 31.0 Å². The van der Waals surface area contributed by atoms with E-state index in [2.05, 4.69) is 32.2 Å². The molecule has 0 nitrogen and oxygen atoms in total. The van der Waals surface area contributed by atoms with Gasteiger partial charge < -0.3 is 0 Å². The van der Waals surface area contributed by atoms with Crippen LogP contribution in [0.25, 0.3) is 5.57 Å². The first-order valence-corrected chi connectivity index (χ1v) is 4.02. The van der Waals surface area contributed by atoms with E-state index in [4.69, 9.17) is 0 Å². The highest BCUT2D eigenvalue weighted by molar-refractivity contribution is 7.80. The molecule has 0 saturated carbocycles. The normalized spacial score (nSPS) is 9.73. The van der Waals surface area contributed by atoms with Crippen LogP contribution in [0.1, 0.15) is 18.1 Å². The number of benzene rings is 1. The highest BCUT2D eigenvalue weighted by Crippen LogP contribution is 2.21. The molecular weight excluding hydrogens is 152 g/mol. The summed E-state index contributed by atoms with van der Waals surface area (Å²) in [6.45, 7) is 7.96. The second-order valence-electron chi connectivity index (χ2n) is 2.73. The van der Waals surface area contributed by atoms with Crippen LogP contribution in [-0.2, 0) is 0 Å². The summed E-state index contributed by atoms with van der Waals surface area (Å²) in [5, 5.41) is 0. The third-order valence-electron chi connectivity index (χ3n) is 1.76. The summed E-state index contributed by atoms with van der Waals surface area (Å²) in [7, 11) is 0. The smallest absolute Gasteiger partial charge is 0.00752 e.